The fourth-order valence-corrected chi connectivity index (χ4v) is 3.32. The van der Waals surface area contributed by atoms with Gasteiger partial charge in [0.15, 0.2) is 0 Å². The number of hydrogen-bond acceptors (Lipinski definition) is 3. The molecule has 2 rings (SSSR count). The fourth-order valence-electron chi connectivity index (χ4n) is 1.80. The largest absolute Gasteiger partial charge is 0.271 e. The zero-order chi connectivity index (χ0) is 12.3. The molecule has 0 bridgehead atoms. The summed E-state index contributed by atoms with van der Waals surface area (Å²) in [6, 6.07) is 10.7. The second-order valence-electron chi connectivity index (χ2n) is 4.03. The normalized spacial score (nSPS) is 12.6. The minimum Gasteiger partial charge on any atom is -0.271 e. The summed E-state index contributed by atoms with van der Waals surface area (Å²) < 4.78 is 1.11. The van der Waals surface area contributed by atoms with E-state index in [0.717, 1.165) is 10.9 Å². The van der Waals surface area contributed by atoms with Crippen LogP contribution in [0.1, 0.15) is 22.0 Å². The maximum Gasteiger partial charge on any atom is 0.0519 e. The van der Waals surface area contributed by atoms with Crippen LogP contribution in [0.5, 0.6) is 0 Å². The molecular weight excluding hydrogens is 296 g/mol. The monoisotopic (exact) mass is 310 g/mol. The van der Waals surface area contributed by atoms with Crippen LogP contribution in [-0.2, 0) is 6.42 Å². The highest BCUT2D eigenvalue weighted by atomic mass is 79.9. The summed E-state index contributed by atoms with van der Waals surface area (Å²) in [5, 5.41) is 2.09. The molecule has 0 spiro atoms. The van der Waals surface area contributed by atoms with E-state index in [1.54, 1.807) is 11.3 Å². The van der Waals surface area contributed by atoms with Crippen LogP contribution >= 0.6 is 27.3 Å². The van der Waals surface area contributed by atoms with Crippen LogP contribution in [0.15, 0.2) is 40.2 Å². The van der Waals surface area contributed by atoms with Gasteiger partial charge in [0, 0.05) is 15.8 Å². The highest BCUT2D eigenvalue weighted by Gasteiger charge is 2.14. The van der Waals surface area contributed by atoms with Crippen LogP contribution < -0.4 is 11.3 Å². The van der Waals surface area contributed by atoms with E-state index in [1.165, 1.54) is 16.0 Å². The average molecular weight is 311 g/mol. The Morgan fingerprint density at radius 2 is 2.24 bits per heavy atom. The van der Waals surface area contributed by atoms with Gasteiger partial charge in [0.25, 0.3) is 0 Å². The standard InChI is InChI=1S/C13H15BrN2S/c1-9-4-5-11(12(14)7-9)13(16-15)8-10-3-2-6-17-10/h2-7,13,16H,8,15H2,1H3. The van der Waals surface area contributed by atoms with Gasteiger partial charge in [-0.15, -0.1) is 11.3 Å². The molecule has 3 N–H and O–H groups in total. The van der Waals surface area contributed by atoms with Crippen LogP contribution in [0, 0.1) is 6.92 Å². The molecule has 1 unspecified atom stereocenters. The number of nitrogens with two attached hydrogens (primary N) is 1. The molecule has 4 heteroatoms. The molecule has 17 heavy (non-hydrogen) atoms. The minimum absolute atomic E-state index is 0.142. The molecular formula is C13H15BrN2S. The maximum atomic E-state index is 5.66. The van der Waals surface area contributed by atoms with Crippen LogP contribution in [0.3, 0.4) is 0 Å². The van der Waals surface area contributed by atoms with Crippen molar-refractivity contribution < 1.29 is 0 Å². The van der Waals surface area contributed by atoms with E-state index in [1.807, 2.05) is 0 Å². The van der Waals surface area contributed by atoms with E-state index in [0.29, 0.717) is 0 Å². The van der Waals surface area contributed by atoms with Crippen molar-refractivity contribution in [1.82, 2.24) is 5.43 Å². The van der Waals surface area contributed by atoms with Gasteiger partial charge in [0.1, 0.15) is 0 Å². The molecule has 1 heterocycles. The summed E-state index contributed by atoms with van der Waals surface area (Å²) in [6.07, 6.45) is 0.913. The number of rotatable bonds is 4. The summed E-state index contributed by atoms with van der Waals surface area (Å²) >= 11 is 5.36. The molecule has 0 aliphatic carbocycles. The molecule has 0 saturated heterocycles. The van der Waals surface area contributed by atoms with Gasteiger partial charge in [0.05, 0.1) is 6.04 Å². The number of benzene rings is 1. The Morgan fingerprint density at radius 3 is 2.82 bits per heavy atom. The first-order valence-corrected chi connectivity index (χ1v) is 7.12. The molecule has 0 aliphatic heterocycles. The van der Waals surface area contributed by atoms with Gasteiger partial charge in [-0.3, -0.25) is 11.3 Å². The van der Waals surface area contributed by atoms with Crippen LogP contribution in [0.4, 0.5) is 0 Å². The summed E-state index contributed by atoms with van der Waals surface area (Å²) in [6.45, 7) is 2.08. The third kappa shape index (κ3) is 3.16. The molecule has 0 fully saturated rings. The van der Waals surface area contributed by atoms with Crippen molar-refractivity contribution in [2.24, 2.45) is 5.84 Å². The van der Waals surface area contributed by atoms with Crippen molar-refractivity contribution >= 4 is 27.3 Å². The van der Waals surface area contributed by atoms with Crippen LogP contribution in [0.25, 0.3) is 0 Å². The third-order valence-electron chi connectivity index (χ3n) is 2.72. The van der Waals surface area contributed by atoms with Gasteiger partial charge in [-0.2, -0.15) is 0 Å². The smallest absolute Gasteiger partial charge is 0.0519 e. The van der Waals surface area contributed by atoms with Gasteiger partial charge in [-0.25, -0.2) is 0 Å². The zero-order valence-corrected chi connectivity index (χ0v) is 12.0. The second kappa shape index (κ2) is 5.78. The van der Waals surface area contributed by atoms with Gasteiger partial charge >= 0.3 is 0 Å². The molecule has 1 aromatic heterocycles. The van der Waals surface area contributed by atoms with Crippen molar-refractivity contribution in [3.63, 3.8) is 0 Å². The molecule has 0 amide bonds. The Morgan fingerprint density at radius 1 is 1.41 bits per heavy atom. The molecule has 1 aromatic carbocycles. The van der Waals surface area contributed by atoms with Crippen molar-refractivity contribution in [1.29, 1.82) is 0 Å². The average Bonchev–Trinajstić information content (AvgIpc) is 2.79. The minimum atomic E-state index is 0.142. The first-order valence-electron chi connectivity index (χ1n) is 5.45. The predicted molar refractivity (Wildman–Crippen MR) is 77.0 cm³/mol. The first kappa shape index (κ1) is 12.8. The molecule has 0 saturated carbocycles. The number of nitrogens with one attached hydrogen (secondary N) is 1. The first-order chi connectivity index (χ1) is 8.20. The lowest BCUT2D eigenvalue weighted by atomic mass is 10.0. The summed E-state index contributed by atoms with van der Waals surface area (Å²) in [7, 11) is 0. The van der Waals surface area contributed by atoms with Crippen molar-refractivity contribution in [2.45, 2.75) is 19.4 Å². The van der Waals surface area contributed by atoms with E-state index in [4.69, 9.17) is 5.84 Å². The molecule has 0 radical (unpaired) electrons. The third-order valence-corrected chi connectivity index (χ3v) is 4.30. The summed E-state index contributed by atoms with van der Waals surface area (Å²) in [5.74, 6) is 5.66. The SMILES string of the molecule is Cc1ccc(C(Cc2cccs2)NN)c(Br)c1. The number of hydrazine groups is 1. The second-order valence-corrected chi connectivity index (χ2v) is 5.91. The number of aryl methyl sites for hydroxylation is 1. The van der Waals surface area contributed by atoms with E-state index in [9.17, 15) is 0 Å². The Balaban J connectivity index is 2.23. The molecule has 2 aromatic rings. The van der Waals surface area contributed by atoms with Crippen LogP contribution in [-0.4, -0.2) is 0 Å². The van der Waals surface area contributed by atoms with Gasteiger partial charge in [-0.1, -0.05) is 34.1 Å². The Kier molecular flexibility index (Phi) is 4.34. The summed E-state index contributed by atoms with van der Waals surface area (Å²) in [5.41, 5.74) is 5.34. The van der Waals surface area contributed by atoms with Crippen molar-refractivity contribution in [2.75, 3.05) is 0 Å². The van der Waals surface area contributed by atoms with Crippen LogP contribution in [0.2, 0.25) is 0 Å². The lowest BCUT2D eigenvalue weighted by Gasteiger charge is -2.17. The number of halogens is 1. The van der Waals surface area contributed by atoms with E-state index in [2.05, 4.69) is 64.0 Å². The predicted octanol–water partition coefficient (Wildman–Crippen LogP) is 3.57. The van der Waals surface area contributed by atoms with Crippen molar-refractivity contribution in [3.8, 4) is 0 Å². The zero-order valence-electron chi connectivity index (χ0n) is 9.61. The topological polar surface area (TPSA) is 38.0 Å². The fraction of sp³-hybridized carbons (Fsp3) is 0.231. The van der Waals surface area contributed by atoms with Gasteiger partial charge < -0.3 is 0 Å². The Bertz CT molecular complexity index is 482. The lowest BCUT2D eigenvalue weighted by molar-refractivity contribution is 0.553. The van der Waals surface area contributed by atoms with E-state index < -0.39 is 0 Å². The quantitative estimate of drug-likeness (QED) is 0.669. The molecule has 0 aliphatic rings. The summed E-state index contributed by atoms with van der Waals surface area (Å²) in [4.78, 5) is 1.33. The molecule has 1 atom stereocenters. The Hall–Kier alpha value is -0.680. The van der Waals surface area contributed by atoms with Crippen molar-refractivity contribution in [3.05, 3.63) is 56.2 Å². The highest BCUT2D eigenvalue weighted by Crippen LogP contribution is 2.27. The van der Waals surface area contributed by atoms with Gasteiger partial charge in [0.2, 0.25) is 0 Å². The number of thiophene rings is 1. The Labute approximate surface area is 114 Å². The molecule has 90 valence electrons. The van der Waals surface area contributed by atoms with E-state index >= 15 is 0 Å². The molecule has 2 nitrogen and oxygen atoms in total. The van der Waals surface area contributed by atoms with E-state index in [-0.39, 0.29) is 6.04 Å². The lowest BCUT2D eigenvalue weighted by Crippen LogP contribution is -2.29. The van der Waals surface area contributed by atoms with Gasteiger partial charge in [-0.05, 0) is 35.6 Å². The maximum absolute atomic E-state index is 5.66. The highest BCUT2D eigenvalue weighted by molar-refractivity contribution is 9.10. The number of hydrogen-bond donors (Lipinski definition) is 2.